The molecule has 0 saturated heterocycles. The predicted molar refractivity (Wildman–Crippen MR) is 136 cm³/mol. The first-order valence-corrected chi connectivity index (χ1v) is 11.9. The smallest absolute Gasteiger partial charge is 0.230 e. The third-order valence-electron chi connectivity index (χ3n) is 5.44. The van der Waals surface area contributed by atoms with E-state index >= 15 is 0 Å². The lowest BCUT2D eigenvalue weighted by atomic mass is 10.0. The number of carbonyl (C=O) groups excluding carboxylic acids is 2. The van der Waals surface area contributed by atoms with Crippen molar-refractivity contribution >= 4 is 33.8 Å². The minimum Gasteiger partial charge on any atom is -0.487 e. The monoisotopic (exact) mass is 470 g/mol. The van der Waals surface area contributed by atoms with Crippen LogP contribution in [-0.2, 0) is 11.4 Å². The molecular weight excluding hydrogens is 444 g/mol. The van der Waals surface area contributed by atoms with Crippen molar-refractivity contribution in [1.82, 2.24) is 4.98 Å². The fourth-order valence-corrected chi connectivity index (χ4v) is 4.85. The summed E-state index contributed by atoms with van der Waals surface area (Å²) in [6, 6.07) is 20.4. The average Bonchev–Trinajstić information content (AvgIpc) is 3.28. The Labute approximate surface area is 203 Å². The number of nitrogens with zero attached hydrogens (tertiary/aromatic N) is 2. The SMILES string of the molecule is CC(=O)N(c1nc(COc2ccc(C(=O)c3ccccc3)cc2)cs1)c1c(C)cc(C)cc1C. The number of aryl methyl sites for hydroxylation is 3. The maximum atomic E-state index is 12.6. The molecule has 0 aliphatic rings. The van der Waals surface area contributed by atoms with Gasteiger partial charge in [-0.25, -0.2) is 4.98 Å². The highest BCUT2D eigenvalue weighted by Crippen LogP contribution is 2.34. The van der Waals surface area contributed by atoms with Gasteiger partial charge in [-0.15, -0.1) is 11.3 Å². The lowest BCUT2D eigenvalue weighted by molar-refractivity contribution is -0.115. The summed E-state index contributed by atoms with van der Waals surface area (Å²) in [5, 5.41) is 2.52. The first-order chi connectivity index (χ1) is 16.3. The Kier molecular flexibility index (Phi) is 6.89. The molecule has 0 aliphatic carbocycles. The van der Waals surface area contributed by atoms with Gasteiger partial charge in [0.25, 0.3) is 0 Å². The van der Waals surface area contributed by atoms with Crippen LogP contribution in [0.5, 0.6) is 5.75 Å². The van der Waals surface area contributed by atoms with Gasteiger partial charge in [-0.3, -0.25) is 14.5 Å². The first kappa shape index (κ1) is 23.4. The minimum absolute atomic E-state index is 0.0256. The highest BCUT2D eigenvalue weighted by atomic mass is 32.1. The molecule has 4 rings (SSSR count). The summed E-state index contributed by atoms with van der Waals surface area (Å²) < 4.78 is 5.88. The van der Waals surface area contributed by atoms with Crippen LogP contribution in [0.2, 0.25) is 0 Å². The molecule has 1 heterocycles. The van der Waals surface area contributed by atoms with E-state index in [0.717, 1.165) is 28.1 Å². The molecule has 34 heavy (non-hydrogen) atoms. The summed E-state index contributed by atoms with van der Waals surface area (Å²) in [6.45, 7) is 7.88. The average molecular weight is 471 g/mol. The van der Waals surface area contributed by atoms with Crippen molar-refractivity contribution in [2.24, 2.45) is 0 Å². The van der Waals surface area contributed by atoms with E-state index in [2.05, 4.69) is 17.1 Å². The van der Waals surface area contributed by atoms with E-state index in [1.165, 1.54) is 11.3 Å². The Bertz CT molecular complexity index is 1300. The van der Waals surface area contributed by atoms with Gasteiger partial charge in [-0.2, -0.15) is 0 Å². The van der Waals surface area contributed by atoms with Crippen LogP contribution in [0.1, 0.15) is 45.2 Å². The lowest BCUT2D eigenvalue weighted by Crippen LogP contribution is -2.24. The van der Waals surface area contributed by atoms with Crippen LogP contribution in [0.25, 0.3) is 0 Å². The van der Waals surface area contributed by atoms with Gasteiger partial charge in [0.05, 0.1) is 11.4 Å². The van der Waals surface area contributed by atoms with Crippen LogP contribution in [0.4, 0.5) is 10.8 Å². The largest absolute Gasteiger partial charge is 0.487 e. The van der Waals surface area contributed by atoms with Gasteiger partial charge in [0, 0.05) is 23.4 Å². The van der Waals surface area contributed by atoms with Crippen LogP contribution < -0.4 is 9.64 Å². The molecule has 3 aromatic carbocycles. The number of benzene rings is 3. The Morgan fingerprint density at radius 1 is 0.912 bits per heavy atom. The van der Waals surface area contributed by atoms with E-state index in [4.69, 9.17) is 4.74 Å². The number of anilines is 2. The van der Waals surface area contributed by atoms with Gasteiger partial charge in [-0.05, 0) is 56.2 Å². The topological polar surface area (TPSA) is 59.5 Å². The van der Waals surface area contributed by atoms with E-state index in [1.54, 1.807) is 48.2 Å². The van der Waals surface area contributed by atoms with E-state index in [-0.39, 0.29) is 18.3 Å². The molecule has 172 valence electrons. The second-order valence-electron chi connectivity index (χ2n) is 8.23. The summed E-state index contributed by atoms with van der Waals surface area (Å²) in [4.78, 5) is 31.4. The number of amides is 1. The summed E-state index contributed by atoms with van der Waals surface area (Å²) in [5.74, 6) is 0.533. The van der Waals surface area contributed by atoms with Crippen LogP contribution in [0.15, 0.2) is 72.1 Å². The number of rotatable bonds is 7. The zero-order valence-electron chi connectivity index (χ0n) is 19.7. The van der Waals surface area contributed by atoms with Gasteiger partial charge in [-0.1, -0.05) is 48.0 Å². The third kappa shape index (κ3) is 5.07. The van der Waals surface area contributed by atoms with Crippen LogP contribution >= 0.6 is 11.3 Å². The number of ketones is 1. The maximum absolute atomic E-state index is 12.6. The molecule has 0 fully saturated rings. The van der Waals surface area contributed by atoms with Gasteiger partial charge in [0.1, 0.15) is 12.4 Å². The van der Waals surface area contributed by atoms with E-state index in [9.17, 15) is 9.59 Å². The van der Waals surface area contributed by atoms with Gasteiger partial charge < -0.3 is 4.74 Å². The quantitative estimate of drug-likeness (QED) is 0.287. The highest BCUT2D eigenvalue weighted by Gasteiger charge is 2.22. The summed E-state index contributed by atoms with van der Waals surface area (Å²) in [7, 11) is 0. The van der Waals surface area contributed by atoms with Crippen molar-refractivity contribution in [3.8, 4) is 5.75 Å². The van der Waals surface area contributed by atoms with Crippen molar-refractivity contribution < 1.29 is 14.3 Å². The molecule has 0 atom stereocenters. The van der Waals surface area contributed by atoms with Crippen LogP contribution in [0, 0.1) is 20.8 Å². The standard InChI is InChI=1S/C28H26N2O3S/c1-18-14-19(2)26(20(3)15-18)30(21(4)31)28-29-24(17-34-28)16-33-25-12-10-23(11-13-25)27(32)22-8-6-5-7-9-22/h5-15,17H,16H2,1-4H3. The van der Waals surface area contributed by atoms with Gasteiger partial charge >= 0.3 is 0 Å². The van der Waals surface area contributed by atoms with Crippen LogP contribution in [-0.4, -0.2) is 16.7 Å². The fourth-order valence-electron chi connectivity index (χ4n) is 3.99. The number of hydrogen-bond acceptors (Lipinski definition) is 5. The Morgan fingerprint density at radius 2 is 1.53 bits per heavy atom. The number of aromatic nitrogens is 1. The molecule has 1 aromatic heterocycles. The zero-order valence-corrected chi connectivity index (χ0v) is 20.5. The molecule has 0 bridgehead atoms. The van der Waals surface area contributed by atoms with Crippen molar-refractivity contribution in [3.63, 3.8) is 0 Å². The summed E-state index contributed by atoms with van der Waals surface area (Å²) >= 11 is 1.41. The molecule has 4 aromatic rings. The fraction of sp³-hybridized carbons (Fsp3) is 0.179. The Morgan fingerprint density at radius 3 is 2.15 bits per heavy atom. The highest BCUT2D eigenvalue weighted by molar-refractivity contribution is 7.14. The third-order valence-corrected chi connectivity index (χ3v) is 6.32. The van der Waals surface area contributed by atoms with Crippen molar-refractivity contribution in [2.75, 3.05) is 4.90 Å². The molecule has 0 aliphatic heterocycles. The normalized spacial score (nSPS) is 10.7. The molecular formula is C28H26N2O3S. The minimum atomic E-state index is -0.0875. The molecule has 0 radical (unpaired) electrons. The number of carbonyl (C=O) groups is 2. The summed E-state index contributed by atoms with van der Waals surface area (Å²) in [5.41, 5.74) is 6.09. The molecule has 0 N–H and O–H groups in total. The van der Waals surface area contributed by atoms with Crippen LogP contribution in [0.3, 0.4) is 0 Å². The predicted octanol–water partition coefficient (Wildman–Crippen LogP) is 6.56. The molecule has 0 saturated carbocycles. The Balaban J connectivity index is 1.47. The van der Waals surface area contributed by atoms with Crippen molar-refractivity contribution in [2.45, 2.75) is 34.3 Å². The van der Waals surface area contributed by atoms with E-state index in [1.807, 2.05) is 44.4 Å². The van der Waals surface area contributed by atoms with Crippen molar-refractivity contribution in [1.29, 1.82) is 0 Å². The zero-order chi connectivity index (χ0) is 24.2. The number of hydrogen-bond donors (Lipinski definition) is 0. The maximum Gasteiger partial charge on any atom is 0.230 e. The van der Waals surface area contributed by atoms with Gasteiger partial charge in [0.15, 0.2) is 10.9 Å². The van der Waals surface area contributed by atoms with E-state index in [0.29, 0.717) is 22.0 Å². The van der Waals surface area contributed by atoms with Gasteiger partial charge in [0.2, 0.25) is 5.91 Å². The summed E-state index contributed by atoms with van der Waals surface area (Å²) in [6.07, 6.45) is 0. The molecule has 5 nitrogen and oxygen atoms in total. The molecule has 0 unspecified atom stereocenters. The lowest BCUT2D eigenvalue weighted by Gasteiger charge is -2.23. The first-order valence-electron chi connectivity index (χ1n) is 11.0. The van der Waals surface area contributed by atoms with Crippen molar-refractivity contribution in [3.05, 3.63) is 106 Å². The second kappa shape index (κ2) is 10.0. The Hall–Kier alpha value is -3.77. The molecule has 1 amide bonds. The second-order valence-corrected chi connectivity index (χ2v) is 9.07. The molecule has 6 heteroatoms. The number of thiazole rings is 1. The number of ether oxygens (including phenoxy) is 1. The van der Waals surface area contributed by atoms with E-state index < -0.39 is 0 Å². The molecule has 0 spiro atoms.